The van der Waals surface area contributed by atoms with Crippen molar-refractivity contribution in [3.8, 4) is 0 Å². The Kier molecular flexibility index (Phi) is 6.03. The number of allylic oxidation sites excluding steroid dienone is 1. The molecule has 0 rings (SSSR count). The largest absolute Gasteiger partial charge is 0.383 e. The summed E-state index contributed by atoms with van der Waals surface area (Å²) in [5, 5.41) is 3.25. The highest BCUT2D eigenvalue weighted by atomic mass is 16.5. The van der Waals surface area contributed by atoms with Gasteiger partial charge in [-0.15, -0.1) is 0 Å². The van der Waals surface area contributed by atoms with Gasteiger partial charge in [-0.2, -0.15) is 0 Å². The Morgan fingerprint density at radius 3 is 2.50 bits per heavy atom. The van der Waals surface area contributed by atoms with Crippen LogP contribution in [0.5, 0.6) is 0 Å². The molecule has 12 heavy (non-hydrogen) atoms. The van der Waals surface area contributed by atoms with Gasteiger partial charge in [0, 0.05) is 20.2 Å². The van der Waals surface area contributed by atoms with E-state index in [1.165, 1.54) is 0 Å². The molecule has 0 aromatic rings. The van der Waals surface area contributed by atoms with Gasteiger partial charge in [0.05, 0.1) is 6.61 Å². The predicted octanol–water partition coefficient (Wildman–Crippen LogP) is 1.82. The Labute approximate surface area is 76.0 Å². The molecule has 0 saturated carbocycles. The first-order valence-electron chi connectivity index (χ1n) is 4.43. The van der Waals surface area contributed by atoms with Gasteiger partial charge >= 0.3 is 0 Å². The summed E-state index contributed by atoms with van der Waals surface area (Å²) >= 11 is 0. The summed E-state index contributed by atoms with van der Waals surface area (Å²) in [6.07, 6.45) is 4.38. The Morgan fingerprint density at radius 1 is 1.33 bits per heavy atom. The van der Waals surface area contributed by atoms with Crippen molar-refractivity contribution in [2.75, 3.05) is 26.8 Å². The maximum absolute atomic E-state index is 4.90. The second-order valence-corrected chi connectivity index (χ2v) is 3.97. The highest BCUT2D eigenvalue weighted by Crippen LogP contribution is 2.13. The lowest BCUT2D eigenvalue weighted by molar-refractivity contribution is 0.200. The van der Waals surface area contributed by atoms with E-state index in [1.807, 2.05) is 0 Å². The van der Waals surface area contributed by atoms with Crippen LogP contribution < -0.4 is 5.32 Å². The average Bonchev–Trinajstić information content (AvgIpc) is 1.94. The lowest BCUT2D eigenvalue weighted by Gasteiger charge is -2.11. The maximum atomic E-state index is 4.90. The van der Waals surface area contributed by atoms with Gasteiger partial charge in [-0.1, -0.05) is 32.9 Å². The molecule has 0 spiro atoms. The van der Waals surface area contributed by atoms with Crippen LogP contribution in [0.1, 0.15) is 20.8 Å². The van der Waals surface area contributed by atoms with E-state index in [0.717, 1.165) is 19.7 Å². The predicted molar refractivity (Wildman–Crippen MR) is 53.3 cm³/mol. The first-order chi connectivity index (χ1) is 5.56. The summed E-state index contributed by atoms with van der Waals surface area (Å²) in [6.45, 7) is 9.21. The molecule has 0 aliphatic rings. The Hall–Kier alpha value is -0.340. The summed E-state index contributed by atoms with van der Waals surface area (Å²) < 4.78 is 4.90. The quantitative estimate of drug-likeness (QED) is 0.503. The number of hydrogen-bond donors (Lipinski definition) is 1. The van der Waals surface area contributed by atoms with Crippen molar-refractivity contribution in [1.82, 2.24) is 5.32 Å². The number of hydrogen-bond acceptors (Lipinski definition) is 2. The molecule has 0 bridgehead atoms. The van der Waals surface area contributed by atoms with E-state index in [9.17, 15) is 0 Å². The fourth-order valence-electron chi connectivity index (χ4n) is 0.772. The molecule has 0 amide bonds. The monoisotopic (exact) mass is 171 g/mol. The standard InChI is InChI=1S/C10H21NO/c1-10(2,3)6-5-7-11-8-9-12-4/h5-6,11H,7-9H2,1-4H3. The van der Waals surface area contributed by atoms with Gasteiger partial charge < -0.3 is 10.1 Å². The van der Waals surface area contributed by atoms with Crippen LogP contribution in [0.15, 0.2) is 12.2 Å². The number of methoxy groups -OCH3 is 1. The van der Waals surface area contributed by atoms with Crippen molar-refractivity contribution in [2.24, 2.45) is 5.41 Å². The molecule has 0 heterocycles. The molecular weight excluding hydrogens is 150 g/mol. The summed E-state index contributed by atoms with van der Waals surface area (Å²) in [7, 11) is 1.71. The summed E-state index contributed by atoms with van der Waals surface area (Å²) in [5.41, 5.74) is 0.295. The zero-order valence-corrected chi connectivity index (χ0v) is 8.68. The maximum Gasteiger partial charge on any atom is 0.0587 e. The van der Waals surface area contributed by atoms with Gasteiger partial charge in [0.2, 0.25) is 0 Å². The fraction of sp³-hybridized carbons (Fsp3) is 0.800. The molecule has 2 nitrogen and oxygen atoms in total. The van der Waals surface area contributed by atoms with Crippen molar-refractivity contribution in [1.29, 1.82) is 0 Å². The minimum atomic E-state index is 0.295. The zero-order chi connectivity index (χ0) is 9.45. The molecule has 0 fully saturated rings. The molecule has 2 heteroatoms. The van der Waals surface area contributed by atoms with Crippen molar-refractivity contribution >= 4 is 0 Å². The van der Waals surface area contributed by atoms with Crippen LogP contribution in [0.25, 0.3) is 0 Å². The molecule has 0 unspecified atom stereocenters. The Balaban J connectivity index is 3.25. The van der Waals surface area contributed by atoms with E-state index in [-0.39, 0.29) is 0 Å². The number of rotatable bonds is 5. The van der Waals surface area contributed by atoms with E-state index >= 15 is 0 Å². The van der Waals surface area contributed by atoms with E-state index in [1.54, 1.807) is 7.11 Å². The van der Waals surface area contributed by atoms with Crippen molar-refractivity contribution in [3.63, 3.8) is 0 Å². The number of nitrogens with one attached hydrogen (secondary N) is 1. The SMILES string of the molecule is COCCNCC=CC(C)(C)C. The molecular formula is C10H21NO. The summed E-state index contributed by atoms with van der Waals surface area (Å²) in [4.78, 5) is 0. The van der Waals surface area contributed by atoms with Gasteiger partial charge in [0.25, 0.3) is 0 Å². The molecule has 0 atom stereocenters. The first kappa shape index (κ1) is 11.7. The van der Waals surface area contributed by atoms with E-state index in [0.29, 0.717) is 5.41 Å². The minimum absolute atomic E-state index is 0.295. The highest BCUT2D eigenvalue weighted by Gasteiger charge is 2.02. The smallest absolute Gasteiger partial charge is 0.0587 e. The molecule has 0 aromatic heterocycles. The molecule has 0 saturated heterocycles. The van der Waals surface area contributed by atoms with Gasteiger partial charge in [0.1, 0.15) is 0 Å². The molecule has 0 aliphatic heterocycles. The second kappa shape index (κ2) is 6.21. The van der Waals surface area contributed by atoms with Crippen molar-refractivity contribution in [2.45, 2.75) is 20.8 Å². The Bertz CT molecular complexity index is 124. The topological polar surface area (TPSA) is 21.3 Å². The van der Waals surface area contributed by atoms with Gasteiger partial charge in [-0.05, 0) is 5.41 Å². The molecule has 1 N–H and O–H groups in total. The third-order valence-corrected chi connectivity index (χ3v) is 1.36. The molecule has 0 radical (unpaired) electrons. The molecule has 0 aromatic carbocycles. The van der Waals surface area contributed by atoms with Crippen molar-refractivity contribution < 1.29 is 4.74 Å². The fourth-order valence-corrected chi connectivity index (χ4v) is 0.772. The van der Waals surface area contributed by atoms with E-state index in [4.69, 9.17) is 4.74 Å². The van der Waals surface area contributed by atoms with Gasteiger partial charge in [0.15, 0.2) is 0 Å². The van der Waals surface area contributed by atoms with Crippen LogP contribution in [-0.4, -0.2) is 26.8 Å². The third kappa shape index (κ3) is 9.66. The lowest BCUT2D eigenvalue weighted by atomic mass is 9.96. The highest BCUT2D eigenvalue weighted by molar-refractivity contribution is 4.93. The van der Waals surface area contributed by atoms with Crippen LogP contribution in [-0.2, 0) is 4.74 Å². The van der Waals surface area contributed by atoms with Crippen LogP contribution in [0.3, 0.4) is 0 Å². The summed E-state index contributed by atoms with van der Waals surface area (Å²) in [5.74, 6) is 0. The zero-order valence-electron chi connectivity index (χ0n) is 8.68. The lowest BCUT2D eigenvalue weighted by Crippen LogP contribution is -2.19. The first-order valence-corrected chi connectivity index (χ1v) is 4.43. The van der Waals surface area contributed by atoms with Crippen LogP contribution in [0.4, 0.5) is 0 Å². The average molecular weight is 171 g/mol. The van der Waals surface area contributed by atoms with Gasteiger partial charge in [-0.25, -0.2) is 0 Å². The number of ether oxygens (including phenoxy) is 1. The molecule has 72 valence electrons. The van der Waals surface area contributed by atoms with Crippen LogP contribution >= 0.6 is 0 Å². The van der Waals surface area contributed by atoms with Crippen LogP contribution in [0, 0.1) is 5.41 Å². The summed E-state index contributed by atoms with van der Waals surface area (Å²) in [6, 6.07) is 0. The second-order valence-electron chi connectivity index (χ2n) is 3.97. The van der Waals surface area contributed by atoms with Crippen LogP contribution in [0.2, 0.25) is 0 Å². The van der Waals surface area contributed by atoms with E-state index in [2.05, 4.69) is 38.2 Å². The third-order valence-electron chi connectivity index (χ3n) is 1.36. The van der Waals surface area contributed by atoms with Gasteiger partial charge in [-0.3, -0.25) is 0 Å². The van der Waals surface area contributed by atoms with Crippen molar-refractivity contribution in [3.05, 3.63) is 12.2 Å². The minimum Gasteiger partial charge on any atom is -0.383 e. The molecule has 0 aliphatic carbocycles. The van der Waals surface area contributed by atoms with E-state index < -0.39 is 0 Å². The normalized spacial score (nSPS) is 12.7. The Morgan fingerprint density at radius 2 is 2.00 bits per heavy atom.